The molecule has 4 rings (SSSR count). The molecule has 6 atom stereocenters. The summed E-state index contributed by atoms with van der Waals surface area (Å²) in [4.78, 5) is 52.1. The van der Waals surface area contributed by atoms with Gasteiger partial charge in [-0.2, -0.15) is 0 Å². The quantitative estimate of drug-likeness (QED) is 0.370. The van der Waals surface area contributed by atoms with Crippen LogP contribution in [-0.4, -0.2) is 53.7 Å². The second-order valence-electron chi connectivity index (χ2n) is 10.9. The van der Waals surface area contributed by atoms with Gasteiger partial charge in [0, 0.05) is 12.3 Å². The lowest BCUT2D eigenvalue weighted by atomic mass is 9.46. The second kappa shape index (κ2) is 7.13. The van der Waals surface area contributed by atoms with E-state index in [1.54, 1.807) is 20.8 Å². The van der Waals surface area contributed by atoms with Crippen molar-refractivity contribution in [2.45, 2.75) is 72.2 Å². The predicted octanol–water partition coefficient (Wildman–Crippen LogP) is 2.59. The molecule has 0 amide bonds. The number of carbonyl (C=O) groups excluding carboxylic acids is 4. The largest absolute Gasteiger partial charge is 0.468 e. The van der Waals surface area contributed by atoms with Gasteiger partial charge in [-0.15, -0.1) is 0 Å². The molecule has 3 unspecified atom stereocenters. The molecule has 0 aromatic carbocycles. The fourth-order valence-electron chi connectivity index (χ4n) is 7.11. The third kappa shape index (κ3) is 2.63. The molecule has 2 bridgehead atoms. The van der Waals surface area contributed by atoms with Crippen LogP contribution in [0.1, 0.15) is 54.4 Å². The summed E-state index contributed by atoms with van der Waals surface area (Å²) in [6.45, 7) is 14.3. The topological polar surface area (TPSA) is 116 Å². The van der Waals surface area contributed by atoms with E-state index in [1.807, 2.05) is 19.9 Å². The zero-order valence-electron chi connectivity index (χ0n) is 20.7. The number of hydrogen-bond donors (Lipinski definition) is 1. The molecule has 1 N–H and O–H groups in total. The minimum absolute atomic E-state index is 0.275. The second-order valence-corrected chi connectivity index (χ2v) is 10.9. The maximum Gasteiger partial charge on any atom is 0.340 e. The summed E-state index contributed by atoms with van der Waals surface area (Å²) in [5, 5.41) is 10.9. The number of ether oxygens (including phenoxy) is 3. The van der Waals surface area contributed by atoms with Crippen molar-refractivity contribution in [3.8, 4) is 0 Å². The van der Waals surface area contributed by atoms with E-state index in [0.29, 0.717) is 22.3 Å². The summed E-state index contributed by atoms with van der Waals surface area (Å²) in [6.07, 6.45) is -0.445. The molecular formula is C26H32O8. The lowest BCUT2D eigenvalue weighted by molar-refractivity contribution is -0.180. The number of fused-ring (bicyclic) bond motifs is 5. The highest BCUT2D eigenvalue weighted by Gasteiger charge is 2.79. The molecule has 34 heavy (non-hydrogen) atoms. The monoisotopic (exact) mass is 472 g/mol. The number of rotatable bonds is 2. The Hall–Kier alpha value is -2.74. The van der Waals surface area contributed by atoms with E-state index in [0.717, 1.165) is 0 Å². The van der Waals surface area contributed by atoms with Crippen LogP contribution < -0.4 is 0 Å². The van der Waals surface area contributed by atoms with Crippen LogP contribution >= 0.6 is 0 Å². The Labute approximate surface area is 199 Å². The zero-order valence-corrected chi connectivity index (χ0v) is 20.7. The van der Waals surface area contributed by atoms with Gasteiger partial charge in [-0.1, -0.05) is 25.2 Å². The summed E-state index contributed by atoms with van der Waals surface area (Å²) < 4.78 is 16.3. The van der Waals surface area contributed by atoms with Crippen LogP contribution in [0.2, 0.25) is 0 Å². The Morgan fingerprint density at radius 1 is 1.21 bits per heavy atom. The standard InChI is InChI=1S/C26H32O8/c1-12-16-11-24(6)13(2)26(22(31)32-8,20(19(24)29)33-14(3)27)25(16,7)10-9-15-17(12)18(28)21(30)34-23(15,4)5/h9,16,18,20,28H,2,10-11H2,1,3-8H3/t16?,18-,20?,24-,25?,26+/m1/s1. The average molecular weight is 473 g/mol. The van der Waals surface area contributed by atoms with Gasteiger partial charge in [-0.25, -0.2) is 4.79 Å². The van der Waals surface area contributed by atoms with Gasteiger partial charge < -0.3 is 19.3 Å². The number of hydrogen-bond acceptors (Lipinski definition) is 8. The maximum atomic E-state index is 13.8. The molecule has 3 aliphatic carbocycles. The highest BCUT2D eigenvalue weighted by molar-refractivity contribution is 6.06. The molecular weight excluding hydrogens is 440 g/mol. The third-order valence-corrected chi connectivity index (χ3v) is 8.86. The van der Waals surface area contributed by atoms with Crippen molar-refractivity contribution in [1.29, 1.82) is 0 Å². The smallest absolute Gasteiger partial charge is 0.340 e. The normalized spacial score (nSPS) is 40.5. The van der Waals surface area contributed by atoms with Gasteiger partial charge in [0.1, 0.15) is 11.0 Å². The average Bonchev–Trinajstić information content (AvgIpc) is 2.81. The number of allylic oxidation sites excluding steroid dienone is 2. The lowest BCUT2D eigenvalue weighted by Gasteiger charge is -2.55. The molecule has 1 heterocycles. The first-order chi connectivity index (χ1) is 15.6. The van der Waals surface area contributed by atoms with Crippen LogP contribution in [-0.2, 0) is 33.4 Å². The van der Waals surface area contributed by atoms with Crippen LogP contribution in [0.5, 0.6) is 0 Å². The van der Waals surface area contributed by atoms with Crippen molar-refractivity contribution in [1.82, 2.24) is 0 Å². The molecule has 1 saturated heterocycles. The van der Waals surface area contributed by atoms with Crippen molar-refractivity contribution in [3.05, 3.63) is 34.9 Å². The number of esters is 3. The van der Waals surface area contributed by atoms with E-state index in [2.05, 4.69) is 6.58 Å². The van der Waals surface area contributed by atoms with E-state index in [1.165, 1.54) is 14.0 Å². The van der Waals surface area contributed by atoms with E-state index in [-0.39, 0.29) is 12.8 Å². The van der Waals surface area contributed by atoms with Gasteiger partial charge in [-0.3, -0.25) is 14.4 Å². The minimum Gasteiger partial charge on any atom is -0.468 e. The van der Waals surface area contributed by atoms with E-state index in [4.69, 9.17) is 14.2 Å². The van der Waals surface area contributed by atoms with Gasteiger partial charge >= 0.3 is 17.9 Å². The Bertz CT molecular complexity index is 1110. The number of aliphatic hydroxyl groups excluding tert-OH is 1. The van der Waals surface area contributed by atoms with Crippen LogP contribution in [0.15, 0.2) is 34.9 Å². The summed E-state index contributed by atoms with van der Waals surface area (Å²) >= 11 is 0. The first kappa shape index (κ1) is 24.4. The Kier molecular flexibility index (Phi) is 5.12. The van der Waals surface area contributed by atoms with Gasteiger partial charge in [0.25, 0.3) is 0 Å². The van der Waals surface area contributed by atoms with Crippen molar-refractivity contribution in [3.63, 3.8) is 0 Å². The van der Waals surface area contributed by atoms with Gasteiger partial charge in [0.15, 0.2) is 18.0 Å². The van der Waals surface area contributed by atoms with Gasteiger partial charge in [0.2, 0.25) is 0 Å². The van der Waals surface area contributed by atoms with Crippen molar-refractivity contribution < 1.29 is 38.5 Å². The number of ketones is 1. The van der Waals surface area contributed by atoms with Crippen molar-refractivity contribution in [2.24, 2.45) is 22.2 Å². The minimum atomic E-state index is -1.64. The zero-order chi connectivity index (χ0) is 25.6. The molecule has 8 nitrogen and oxygen atoms in total. The molecule has 0 aromatic heterocycles. The van der Waals surface area contributed by atoms with E-state index < -0.39 is 63.7 Å². The summed E-state index contributed by atoms with van der Waals surface area (Å²) in [5.74, 6) is -2.94. The SMILES string of the molecule is C=C1[C@@]2(C)CC3C(C)=C4C(=CCC3(C)[C@]1(C(=O)OC)C(OC(C)=O)C2=O)C(C)(C)OC(=O)[C@@H]4O. The number of carbonyl (C=O) groups is 4. The Morgan fingerprint density at radius 2 is 1.82 bits per heavy atom. The predicted molar refractivity (Wildman–Crippen MR) is 120 cm³/mol. The molecule has 1 aliphatic heterocycles. The van der Waals surface area contributed by atoms with Gasteiger partial charge in [-0.05, 0) is 63.2 Å². The lowest BCUT2D eigenvalue weighted by Crippen LogP contribution is -2.59. The molecule has 3 fully saturated rings. The molecule has 0 spiro atoms. The summed E-state index contributed by atoms with van der Waals surface area (Å²) in [6, 6.07) is 0. The van der Waals surface area contributed by atoms with Crippen molar-refractivity contribution in [2.75, 3.05) is 7.11 Å². The molecule has 0 aromatic rings. The maximum absolute atomic E-state index is 13.8. The summed E-state index contributed by atoms with van der Waals surface area (Å²) in [5.41, 5.74) is -2.63. The molecule has 0 radical (unpaired) electrons. The van der Waals surface area contributed by atoms with Crippen LogP contribution in [0.4, 0.5) is 0 Å². The number of cyclic esters (lactones) is 1. The molecule has 2 saturated carbocycles. The van der Waals surface area contributed by atoms with Gasteiger partial charge in [0.05, 0.1) is 12.5 Å². The first-order valence-corrected chi connectivity index (χ1v) is 11.4. The third-order valence-electron chi connectivity index (χ3n) is 8.86. The van der Waals surface area contributed by atoms with Crippen LogP contribution in [0.3, 0.4) is 0 Å². The highest BCUT2D eigenvalue weighted by Crippen LogP contribution is 2.73. The molecule has 184 valence electrons. The van der Waals surface area contributed by atoms with E-state index >= 15 is 0 Å². The Morgan fingerprint density at radius 3 is 2.38 bits per heavy atom. The fourth-order valence-corrected chi connectivity index (χ4v) is 7.11. The Balaban J connectivity index is 2.07. The fraction of sp³-hybridized carbons (Fsp3) is 0.615. The number of Topliss-reactive ketones (excluding diaryl/α,β-unsaturated/α-hetero) is 1. The van der Waals surface area contributed by atoms with Crippen molar-refractivity contribution >= 4 is 23.7 Å². The van der Waals surface area contributed by atoms with Crippen LogP contribution in [0, 0.1) is 22.2 Å². The summed E-state index contributed by atoms with van der Waals surface area (Å²) in [7, 11) is 1.24. The van der Waals surface area contributed by atoms with Crippen LogP contribution in [0.25, 0.3) is 0 Å². The highest BCUT2D eigenvalue weighted by atomic mass is 16.6. The number of methoxy groups -OCH3 is 1. The number of aliphatic hydroxyl groups is 1. The molecule has 8 heteroatoms. The molecule has 4 aliphatic rings. The van der Waals surface area contributed by atoms with E-state index in [9.17, 15) is 24.3 Å². The first-order valence-electron chi connectivity index (χ1n) is 11.4.